The van der Waals surface area contributed by atoms with Crippen LogP contribution in [-0.4, -0.2) is 33.9 Å². The number of aliphatic carboxylic acids is 2. The highest BCUT2D eigenvalue weighted by Gasteiger charge is 1.96. The molecule has 0 aromatic heterocycles. The van der Waals surface area contributed by atoms with Crippen LogP contribution in [0.2, 0.25) is 0 Å². The zero-order valence-electron chi connectivity index (χ0n) is 14.8. The Bertz CT molecular complexity index is 266. The van der Waals surface area contributed by atoms with Crippen molar-refractivity contribution in [3.63, 3.8) is 0 Å². The maximum atomic E-state index is 10.3. The number of aliphatic hydroxyl groups is 1. The summed E-state index contributed by atoms with van der Waals surface area (Å²) in [4.78, 5) is 19.4. The molecule has 0 heterocycles. The smallest absolute Gasteiger partial charge is 0.329 e. The molecule has 0 aliphatic carbocycles. The quantitative estimate of drug-likeness (QED) is 0.380. The van der Waals surface area contributed by atoms with Crippen molar-refractivity contribution in [2.24, 2.45) is 0 Å². The van der Waals surface area contributed by atoms with Gasteiger partial charge < -0.3 is 15.3 Å². The molecule has 138 valence electrons. The van der Waals surface area contributed by atoms with Crippen LogP contribution >= 0.6 is 0 Å². The lowest BCUT2D eigenvalue weighted by Crippen LogP contribution is -1.98. The van der Waals surface area contributed by atoms with E-state index in [2.05, 4.69) is 6.92 Å². The van der Waals surface area contributed by atoms with Crippen molar-refractivity contribution in [3.05, 3.63) is 0 Å². The van der Waals surface area contributed by atoms with Gasteiger partial charge in [0.25, 0.3) is 0 Å². The first kappa shape index (κ1) is 24.2. The number of aliphatic hydroxyl groups excluding tert-OH is 1. The van der Waals surface area contributed by atoms with Crippen molar-refractivity contribution in [2.45, 2.75) is 96.8 Å². The number of carbonyl (C=O) groups is 2. The van der Waals surface area contributed by atoms with Gasteiger partial charge in [-0.2, -0.15) is 0 Å². The molecule has 23 heavy (non-hydrogen) atoms. The van der Waals surface area contributed by atoms with E-state index in [1.165, 1.54) is 70.6 Å². The topological polar surface area (TPSA) is 94.8 Å². The number of unbranched alkanes of at least 4 members (excludes halogenated alkanes) is 12. The maximum Gasteiger partial charge on any atom is 0.329 e. The Morgan fingerprint density at radius 1 is 0.609 bits per heavy atom. The molecule has 0 aromatic rings. The van der Waals surface area contributed by atoms with E-state index in [0.717, 1.165) is 12.8 Å². The first-order chi connectivity index (χ1) is 11.0. The third-order valence-corrected chi connectivity index (χ3v) is 3.63. The van der Waals surface area contributed by atoms with Crippen LogP contribution in [0, 0.1) is 0 Å². The summed E-state index contributed by atoms with van der Waals surface area (Å²) in [6, 6.07) is 0. The van der Waals surface area contributed by atoms with E-state index in [1.807, 2.05) is 0 Å². The van der Waals surface area contributed by atoms with E-state index in [0.29, 0.717) is 6.42 Å². The molecule has 0 aromatic carbocycles. The molecule has 5 nitrogen and oxygen atoms in total. The molecule has 0 aliphatic heterocycles. The molecule has 0 fully saturated rings. The summed E-state index contributed by atoms with van der Waals surface area (Å²) in [7, 11) is 0. The maximum absolute atomic E-state index is 10.3. The fourth-order valence-corrected chi connectivity index (χ4v) is 2.29. The summed E-state index contributed by atoms with van der Waals surface area (Å²) in [5.74, 6) is -1.84. The highest BCUT2D eigenvalue weighted by molar-refractivity contribution is 5.67. The monoisotopic (exact) mass is 332 g/mol. The van der Waals surface area contributed by atoms with Crippen LogP contribution in [0.3, 0.4) is 0 Å². The Labute approximate surface area is 141 Å². The molecule has 0 aliphatic rings. The fraction of sp³-hybridized carbons (Fsp3) is 0.889. The largest absolute Gasteiger partial charge is 0.481 e. The Morgan fingerprint density at radius 3 is 1.17 bits per heavy atom. The zero-order chi connectivity index (χ0) is 17.8. The number of hydrogen-bond donors (Lipinski definition) is 3. The third-order valence-electron chi connectivity index (χ3n) is 3.63. The minimum absolute atomic E-state index is 0.345. The van der Waals surface area contributed by atoms with Crippen LogP contribution in [0.5, 0.6) is 0 Å². The fourth-order valence-electron chi connectivity index (χ4n) is 2.29. The number of carboxylic acids is 2. The molecule has 0 saturated carbocycles. The molecule has 3 N–H and O–H groups in total. The minimum atomic E-state index is -1.19. The van der Waals surface area contributed by atoms with Gasteiger partial charge in [-0.25, -0.2) is 4.79 Å². The Morgan fingerprint density at radius 2 is 0.913 bits per heavy atom. The van der Waals surface area contributed by atoms with Crippen LogP contribution in [0.4, 0.5) is 0 Å². The average molecular weight is 332 g/mol. The first-order valence-corrected chi connectivity index (χ1v) is 9.09. The van der Waals surface area contributed by atoms with Gasteiger partial charge in [-0.3, -0.25) is 4.79 Å². The van der Waals surface area contributed by atoms with E-state index >= 15 is 0 Å². The number of hydrogen-bond acceptors (Lipinski definition) is 3. The number of rotatable bonds is 15. The molecule has 0 rings (SSSR count). The lowest BCUT2D eigenvalue weighted by atomic mass is 10.0. The summed E-state index contributed by atoms with van der Waals surface area (Å²) >= 11 is 0. The molecule has 0 unspecified atom stereocenters. The van der Waals surface area contributed by atoms with Crippen LogP contribution < -0.4 is 0 Å². The lowest BCUT2D eigenvalue weighted by Gasteiger charge is -2.02. The van der Waals surface area contributed by atoms with Crippen molar-refractivity contribution in [3.8, 4) is 0 Å². The Kier molecular flexibility index (Phi) is 22.0. The van der Waals surface area contributed by atoms with E-state index in [9.17, 15) is 4.79 Å². The standard InChI is InChI=1S/C16H32O2.C2H4O3/c1-2-3-4-5-6-7-8-9-10-11-12-13-14-15-16(17)18;3-1-2(4)5/h2-15H2,1H3,(H,17,18);3H,1H2,(H,4,5). The highest BCUT2D eigenvalue weighted by atomic mass is 16.4. The van der Waals surface area contributed by atoms with Crippen molar-refractivity contribution >= 4 is 11.9 Å². The second kappa shape index (κ2) is 20.9. The summed E-state index contributed by atoms with van der Waals surface area (Å²) in [5.41, 5.74) is 0. The minimum Gasteiger partial charge on any atom is -0.481 e. The molecule has 0 saturated heterocycles. The Balaban J connectivity index is 0. The van der Waals surface area contributed by atoms with E-state index < -0.39 is 18.5 Å². The molecule has 0 atom stereocenters. The summed E-state index contributed by atoms with van der Waals surface area (Å²) in [5, 5.41) is 23.5. The summed E-state index contributed by atoms with van der Waals surface area (Å²) in [6.45, 7) is 1.48. The third kappa shape index (κ3) is 29.5. The van der Waals surface area contributed by atoms with Gasteiger partial charge in [-0.15, -0.1) is 0 Å². The van der Waals surface area contributed by atoms with E-state index in [4.69, 9.17) is 20.1 Å². The van der Waals surface area contributed by atoms with Crippen LogP contribution in [0.1, 0.15) is 96.8 Å². The molecule has 0 spiro atoms. The SMILES string of the molecule is CCCCCCCCCCCCCCCC(=O)O.O=C(O)CO. The lowest BCUT2D eigenvalue weighted by molar-refractivity contribution is -0.140. The summed E-state index contributed by atoms with van der Waals surface area (Å²) < 4.78 is 0. The van der Waals surface area contributed by atoms with Crippen LogP contribution in [0.25, 0.3) is 0 Å². The highest BCUT2D eigenvalue weighted by Crippen LogP contribution is 2.12. The van der Waals surface area contributed by atoms with Crippen molar-refractivity contribution in [1.82, 2.24) is 0 Å². The van der Waals surface area contributed by atoms with Gasteiger partial charge in [0, 0.05) is 6.42 Å². The van der Waals surface area contributed by atoms with E-state index in [-0.39, 0.29) is 0 Å². The molecule has 0 bridgehead atoms. The number of carboxylic acid groups (broad SMARTS) is 2. The van der Waals surface area contributed by atoms with E-state index in [1.54, 1.807) is 0 Å². The van der Waals surface area contributed by atoms with Crippen molar-refractivity contribution in [2.75, 3.05) is 6.61 Å². The molecule has 0 radical (unpaired) electrons. The molecular weight excluding hydrogens is 296 g/mol. The van der Waals surface area contributed by atoms with Gasteiger partial charge in [0.15, 0.2) is 0 Å². The van der Waals surface area contributed by atoms with Gasteiger partial charge in [0.1, 0.15) is 6.61 Å². The zero-order valence-corrected chi connectivity index (χ0v) is 14.8. The summed E-state index contributed by atoms with van der Waals surface area (Å²) in [6.07, 6.45) is 17.3. The van der Waals surface area contributed by atoms with Gasteiger partial charge in [0.2, 0.25) is 0 Å². The van der Waals surface area contributed by atoms with Crippen molar-refractivity contribution < 1.29 is 24.9 Å². The van der Waals surface area contributed by atoms with Gasteiger partial charge in [-0.1, -0.05) is 84.0 Å². The first-order valence-electron chi connectivity index (χ1n) is 9.09. The van der Waals surface area contributed by atoms with Gasteiger partial charge >= 0.3 is 11.9 Å². The van der Waals surface area contributed by atoms with Gasteiger partial charge in [0.05, 0.1) is 0 Å². The second-order valence-corrected chi connectivity index (χ2v) is 5.94. The Hall–Kier alpha value is -1.10. The molecule has 5 heteroatoms. The molecular formula is C18H36O5. The van der Waals surface area contributed by atoms with Gasteiger partial charge in [-0.05, 0) is 6.42 Å². The second-order valence-electron chi connectivity index (χ2n) is 5.94. The predicted molar refractivity (Wildman–Crippen MR) is 92.7 cm³/mol. The normalized spacial score (nSPS) is 10.0. The predicted octanol–water partition coefficient (Wildman–Crippen LogP) is 4.62. The molecule has 0 amide bonds. The van der Waals surface area contributed by atoms with Crippen molar-refractivity contribution in [1.29, 1.82) is 0 Å². The van der Waals surface area contributed by atoms with Crippen LogP contribution in [-0.2, 0) is 9.59 Å². The average Bonchev–Trinajstić information content (AvgIpc) is 2.52. The van der Waals surface area contributed by atoms with Crippen LogP contribution in [0.15, 0.2) is 0 Å².